The van der Waals surface area contributed by atoms with Crippen LogP contribution in [0.5, 0.6) is 0 Å². The summed E-state index contributed by atoms with van der Waals surface area (Å²) in [5.41, 5.74) is 12.4. The van der Waals surface area contributed by atoms with E-state index >= 15 is 0 Å². The van der Waals surface area contributed by atoms with Gasteiger partial charge in [0.25, 0.3) is 5.56 Å². The van der Waals surface area contributed by atoms with E-state index in [4.69, 9.17) is 11.5 Å². The van der Waals surface area contributed by atoms with Gasteiger partial charge in [0.05, 0.1) is 5.69 Å². The van der Waals surface area contributed by atoms with Crippen molar-refractivity contribution in [3.05, 3.63) is 28.2 Å². The third kappa shape index (κ3) is 1.48. The summed E-state index contributed by atoms with van der Waals surface area (Å²) in [5, 5.41) is 0. The molecule has 4 nitrogen and oxygen atoms in total. The van der Waals surface area contributed by atoms with Crippen molar-refractivity contribution in [1.29, 1.82) is 0 Å². The number of anilines is 1. The minimum absolute atomic E-state index is 0.0866. The Labute approximate surface area is 70.8 Å². The predicted octanol–water partition coefficient (Wildman–Crippen LogP) is -0.0128. The van der Waals surface area contributed by atoms with Gasteiger partial charge < -0.3 is 16.0 Å². The molecular formula is C8H13N3O. The molecule has 0 aliphatic heterocycles. The molecule has 0 spiro atoms. The fraction of sp³-hybridized carbons (Fsp3) is 0.375. The number of nitrogen functional groups attached to an aromatic ring is 1. The molecule has 0 radical (unpaired) electrons. The molecule has 0 saturated heterocycles. The Kier molecular flexibility index (Phi) is 2.19. The highest BCUT2D eigenvalue weighted by Crippen LogP contribution is 2.14. The first-order chi connectivity index (χ1) is 5.52. The Morgan fingerprint density at radius 2 is 2.17 bits per heavy atom. The molecule has 0 amide bonds. The topological polar surface area (TPSA) is 74.0 Å². The summed E-state index contributed by atoms with van der Waals surface area (Å²) in [5.74, 6) is 0. The number of hydrogen-bond acceptors (Lipinski definition) is 3. The Hall–Kier alpha value is -1.29. The maximum absolute atomic E-state index is 11.1. The average molecular weight is 167 g/mol. The van der Waals surface area contributed by atoms with E-state index in [9.17, 15) is 4.79 Å². The van der Waals surface area contributed by atoms with Crippen molar-refractivity contribution in [3.63, 3.8) is 0 Å². The van der Waals surface area contributed by atoms with E-state index in [1.807, 2.05) is 0 Å². The van der Waals surface area contributed by atoms with Crippen LogP contribution in [0.2, 0.25) is 0 Å². The molecule has 1 rings (SSSR count). The van der Waals surface area contributed by atoms with Crippen LogP contribution in [0.25, 0.3) is 0 Å². The first kappa shape index (κ1) is 8.80. The third-order valence-electron chi connectivity index (χ3n) is 1.78. The SMILES string of the molecule is CC(N)c1cc(=O)n(C)cc1N. The van der Waals surface area contributed by atoms with Crippen LogP contribution in [0.1, 0.15) is 18.5 Å². The summed E-state index contributed by atoms with van der Waals surface area (Å²) in [4.78, 5) is 11.1. The fourth-order valence-electron chi connectivity index (χ4n) is 1.06. The molecule has 4 N–H and O–H groups in total. The first-order valence-corrected chi connectivity index (χ1v) is 3.74. The van der Waals surface area contributed by atoms with Gasteiger partial charge in [-0.25, -0.2) is 0 Å². The van der Waals surface area contributed by atoms with Gasteiger partial charge in [-0.15, -0.1) is 0 Å². The molecular weight excluding hydrogens is 154 g/mol. The van der Waals surface area contributed by atoms with Crippen LogP contribution < -0.4 is 17.0 Å². The molecule has 0 saturated carbocycles. The average Bonchev–Trinajstić information content (AvgIpc) is 1.96. The lowest BCUT2D eigenvalue weighted by atomic mass is 10.1. The number of nitrogens with zero attached hydrogens (tertiary/aromatic N) is 1. The number of pyridine rings is 1. The van der Waals surface area contributed by atoms with Gasteiger partial charge >= 0.3 is 0 Å². The number of nitrogens with two attached hydrogens (primary N) is 2. The van der Waals surface area contributed by atoms with Crippen molar-refractivity contribution in [2.75, 3.05) is 5.73 Å². The Morgan fingerprint density at radius 3 is 2.67 bits per heavy atom. The summed E-state index contributed by atoms with van der Waals surface area (Å²) in [6.07, 6.45) is 1.58. The van der Waals surface area contributed by atoms with Crippen LogP contribution in [0.15, 0.2) is 17.1 Å². The molecule has 1 unspecified atom stereocenters. The number of rotatable bonds is 1. The lowest BCUT2D eigenvalue weighted by Crippen LogP contribution is -2.20. The second-order valence-corrected chi connectivity index (χ2v) is 2.92. The molecule has 1 atom stereocenters. The quantitative estimate of drug-likeness (QED) is 0.617. The number of aromatic nitrogens is 1. The highest BCUT2D eigenvalue weighted by molar-refractivity contribution is 5.45. The van der Waals surface area contributed by atoms with Crippen LogP contribution in [0, 0.1) is 0 Å². The summed E-state index contributed by atoms with van der Waals surface area (Å²) in [6.45, 7) is 1.80. The maximum atomic E-state index is 11.1. The van der Waals surface area contributed by atoms with E-state index in [-0.39, 0.29) is 11.6 Å². The molecule has 0 aromatic carbocycles. The van der Waals surface area contributed by atoms with Gasteiger partial charge in [-0.1, -0.05) is 0 Å². The molecule has 4 heteroatoms. The van der Waals surface area contributed by atoms with Gasteiger partial charge in [0.2, 0.25) is 0 Å². The molecule has 0 bridgehead atoms. The summed E-state index contributed by atoms with van der Waals surface area (Å²) < 4.78 is 1.43. The van der Waals surface area contributed by atoms with Crippen LogP contribution in [-0.2, 0) is 7.05 Å². The zero-order valence-electron chi connectivity index (χ0n) is 7.24. The molecule has 66 valence electrons. The van der Waals surface area contributed by atoms with Crippen molar-refractivity contribution in [2.45, 2.75) is 13.0 Å². The zero-order valence-corrected chi connectivity index (χ0v) is 7.24. The molecule has 12 heavy (non-hydrogen) atoms. The molecule has 0 fully saturated rings. The first-order valence-electron chi connectivity index (χ1n) is 3.74. The highest BCUT2D eigenvalue weighted by Gasteiger charge is 2.05. The van der Waals surface area contributed by atoms with Gasteiger partial charge in [0.15, 0.2) is 0 Å². The van der Waals surface area contributed by atoms with E-state index < -0.39 is 0 Å². The lowest BCUT2D eigenvalue weighted by Gasteiger charge is -2.09. The second-order valence-electron chi connectivity index (χ2n) is 2.92. The van der Waals surface area contributed by atoms with E-state index in [0.717, 1.165) is 0 Å². The minimum atomic E-state index is -0.195. The van der Waals surface area contributed by atoms with E-state index in [0.29, 0.717) is 11.3 Å². The van der Waals surface area contributed by atoms with Gasteiger partial charge in [0.1, 0.15) is 0 Å². The van der Waals surface area contributed by atoms with Gasteiger partial charge in [-0.2, -0.15) is 0 Å². The normalized spacial score (nSPS) is 12.9. The fourth-order valence-corrected chi connectivity index (χ4v) is 1.06. The molecule has 0 aliphatic carbocycles. The van der Waals surface area contributed by atoms with Gasteiger partial charge in [0, 0.05) is 25.4 Å². The van der Waals surface area contributed by atoms with Crippen LogP contribution in [-0.4, -0.2) is 4.57 Å². The minimum Gasteiger partial charge on any atom is -0.397 e. The predicted molar refractivity (Wildman–Crippen MR) is 48.7 cm³/mol. The van der Waals surface area contributed by atoms with E-state index in [1.54, 1.807) is 20.2 Å². The van der Waals surface area contributed by atoms with Gasteiger partial charge in [-0.3, -0.25) is 4.79 Å². The molecule has 1 aromatic heterocycles. The molecule has 1 heterocycles. The largest absolute Gasteiger partial charge is 0.397 e. The van der Waals surface area contributed by atoms with Crippen molar-refractivity contribution in [3.8, 4) is 0 Å². The lowest BCUT2D eigenvalue weighted by molar-refractivity contribution is 0.792. The monoisotopic (exact) mass is 167 g/mol. The number of hydrogen-bond donors (Lipinski definition) is 2. The number of aryl methyl sites for hydroxylation is 1. The van der Waals surface area contributed by atoms with Crippen LogP contribution in [0.4, 0.5) is 5.69 Å². The highest BCUT2D eigenvalue weighted by atomic mass is 16.1. The Balaban J connectivity index is 3.33. The Morgan fingerprint density at radius 1 is 1.58 bits per heavy atom. The smallest absolute Gasteiger partial charge is 0.250 e. The summed E-state index contributed by atoms with van der Waals surface area (Å²) in [7, 11) is 1.66. The molecule has 0 aliphatic rings. The Bertz CT molecular complexity index is 341. The summed E-state index contributed by atoms with van der Waals surface area (Å²) >= 11 is 0. The zero-order chi connectivity index (χ0) is 9.30. The third-order valence-corrected chi connectivity index (χ3v) is 1.78. The maximum Gasteiger partial charge on any atom is 0.250 e. The van der Waals surface area contributed by atoms with Crippen molar-refractivity contribution < 1.29 is 0 Å². The molecule has 1 aromatic rings. The second kappa shape index (κ2) is 2.98. The van der Waals surface area contributed by atoms with Crippen molar-refractivity contribution >= 4 is 5.69 Å². The van der Waals surface area contributed by atoms with Gasteiger partial charge in [-0.05, 0) is 12.5 Å². The summed E-state index contributed by atoms with van der Waals surface area (Å²) in [6, 6.07) is 1.28. The van der Waals surface area contributed by atoms with E-state index in [2.05, 4.69) is 0 Å². The van der Waals surface area contributed by atoms with E-state index in [1.165, 1.54) is 10.6 Å². The van der Waals surface area contributed by atoms with Crippen LogP contribution >= 0.6 is 0 Å². The standard InChI is InChI=1S/C8H13N3O/c1-5(9)6-3-8(12)11(2)4-7(6)10/h3-5H,9-10H2,1-2H3. The van der Waals surface area contributed by atoms with Crippen molar-refractivity contribution in [1.82, 2.24) is 4.57 Å². The van der Waals surface area contributed by atoms with Crippen LogP contribution in [0.3, 0.4) is 0 Å². The van der Waals surface area contributed by atoms with Crippen molar-refractivity contribution in [2.24, 2.45) is 12.8 Å².